The highest BCUT2D eigenvalue weighted by molar-refractivity contribution is 5.87. The number of methoxy groups -OCH3 is 1. The molecule has 0 spiro atoms. The molecular weight excluding hydrogens is 222 g/mol. The Morgan fingerprint density at radius 3 is 3.00 bits per heavy atom. The molecule has 0 saturated carbocycles. The highest BCUT2D eigenvalue weighted by Gasteiger charge is 2.44. The summed E-state index contributed by atoms with van der Waals surface area (Å²) < 4.78 is 10.0. The van der Waals surface area contributed by atoms with Gasteiger partial charge in [0.1, 0.15) is 5.75 Å². The van der Waals surface area contributed by atoms with Crippen molar-refractivity contribution < 1.29 is 19.4 Å². The number of carbonyl (C=O) groups is 1. The minimum Gasteiger partial charge on any atom is -0.495 e. The number of esters is 1. The number of benzene rings is 1. The van der Waals surface area contributed by atoms with Crippen LogP contribution < -0.4 is 10.1 Å². The van der Waals surface area contributed by atoms with Gasteiger partial charge in [-0.3, -0.25) is 0 Å². The van der Waals surface area contributed by atoms with Crippen molar-refractivity contribution in [1.29, 1.82) is 0 Å². The first-order chi connectivity index (χ1) is 8.10. The molecule has 0 aliphatic carbocycles. The molecule has 2 rings (SSSR count). The van der Waals surface area contributed by atoms with E-state index in [4.69, 9.17) is 9.47 Å². The minimum absolute atomic E-state index is 0.179. The van der Waals surface area contributed by atoms with Crippen molar-refractivity contribution >= 4 is 11.7 Å². The van der Waals surface area contributed by atoms with E-state index in [-0.39, 0.29) is 13.0 Å². The van der Waals surface area contributed by atoms with Crippen LogP contribution in [0.15, 0.2) is 18.2 Å². The van der Waals surface area contributed by atoms with Crippen LogP contribution in [0.1, 0.15) is 12.5 Å². The van der Waals surface area contributed by atoms with Gasteiger partial charge in [-0.25, -0.2) is 4.79 Å². The number of fused-ring (bicyclic) bond motifs is 1. The fourth-order valence-corrected chi connectivity index (χ4v) is 1.94. The first kappa shape index (κ1) is 11.7. The molecule has 1 aromatic carbocycles. The summed E-state index contributed by atoms with van der Waals surface area (Å²) >= 11 is 0. The lowest BCUT2D eigenvalue weighted by Crippen LogP contribution is -2.46. The molecule has 5 heteroatoms. The molecule has 17 heavy (non-hydrogen) atoms. The Balaban J connectivity index is 2.29. The van der Waals surface area contributed by atoms with E-state index in [1.807, 2.05) is 12.1 Å². The second kappa shape index (κ2) is 4.25. The van der Waals surface area contributed by atoms with Crippen molar-refractivity contribution in [3.63, 3.8) is 0 Å². The lowest BCUT2D eigenvalue weighted by atomic mass is 10.1. The third-order valence-corrected chi connectivity index (χ3v) is 2.72. The van der Waals surface area contributed by atoms with Gasteiger partial charge in [0.2, 0.25) is 5.72 Å². The smallest absolute Gasteiger partial charge is 0.359 e. The molecule has 1 heterocycles. The number of carbonyl (C=O) groups excluding carboxylic acids is 1. The van der Waals surface area contributed by atoms with Gasteiger partial charge in [-0.1, -0.05) is 12.1 Å². The van der Waals surface area contributed by atoms with E-state index in [1.54, 1.807) is 20.1 Å². The van der Waals surface area contributed by atoms with Gasteiger partial charge in [0, 0.05) is 6.42 Å². The number of para-hydroxylation sites is 1. The molecule has 92 valence electrons. The molecule has 0 amide bonds. The Morgan fingerprint density at radius 2 is 2.35 bits per heavy atom. The first-order valence-electron chi connectivity index (χ1n) is 5.44. The van der Waals surface area contributed by atoms with E-state index >= 15 is 0 Å². The predicted octanol–water partition coefficient (Wildman–Crippen LogP) is 0.915. The highest BCUT2D eigenvalue weighted by Crippen LogP contribution is 2.38. The van der Waals surface area contributed by atoms with Crippen LogP contribution in [0.25, 0.3) is 0 Å². The van der Waals surface area contributed by atoms with Gasteiger partial charge in [0.15, 0.2) is 0 Å². The lowest BCUT2D eigenvalue weighted by molar-refractivity contribution is -0.161. The van der Waals surface area contributed by atoms with Crippen LogP contribution in [0, 0.1) is 0 Å². The SMILES string of the molecule is CCOC(=O)C1(O)Cc2cccc(OC)c2N1. The second-order valence-corrected chi connectivity index (χ2v) is 3.88. The molecular formula is C12H15NO4. The van der Waals surface area contributed by atoms with Gasteiger partial charge in [-0.2, -0.15) is 0 Å². The maximum Gasteiger partial charge on any atom is 0.359 e. The third-order valence-electron chi connectivity index (χ3n) is 2.72. The summed E-state index contributed by atoms with van der Waals surface area (Å²) in [5.41, 5.74) is -0.210. The molecule has 1 aliphatic heterocycles. The summed E-state index contributed by atoms with van der Waals surface area (Å²) in [6, 6.07) is 5.42. The van der Waals surface area contributed by atoms with Crippen molar-refractivity contribution in [3.8, 4) is 5.75 Å². The Hall–Kier alpha value is -1.75. The summed E-state index contributed by atoms with van der Waals surface area (Å²) in [6.07, 6.45) is 0.179. The van der Waals surface area contributed by atoms with Crippen LogP contribution in [0.3, 0.4) is 0 Å². The van der Waals surface area contributed by atoms with E-state index in [1.165, 1.54) is 0 Å². The second-order valence-electron chi connectivity index (χ2n) is 3.88. The van der Waals surface area contributed by atoms with Crippen LogP contribution in [0.5, 0.6) is 5.75 Å². The van der Waals surface area contributed by atoms with Crippen LogP contribution in [0.2, 0.25) is 0 Å². The lowest BCUT2D eigenvalue weighted by Gasteiger charge is -2.21. The van der Waals surface area contributed by atoms with Crippen LogP contribution in [-0.2, 0) is 16.0 Å². The van der Waals surface area contributed by atoms with Crippen molar-refractivity contribution in [3.05, 3.63) is 23.8 Å². The number of hydrogen-bond acceptors (Lipinski definition) is 5. The van der Waals surface area contributed by atoms with Crippen LogP contribution in [0.4, 0.5) is 5.69 Å². The molecule has 1 atom stereocenters. The van der Waals surface area contributed by atoms with E-state index in [9.17, 15) is 9.90 Å². The molecule has 1 aliphatic rings. The molecule has 1 aromatic rings. The Bertz CT molecular complexity index is 446. The molecule has 0 bridgehead atoms. The van der Waals surface area contributed by atoms with Gasteiger partial charge < -0.3 is 19.9 Å². The predicted molar refractivity (Wildman–Crippen MR) is 61.9 cm³/mol. The maximum atomic E-state index is 11.7. The van der Waals surface area contributed by atoms with Crippen LogP contribution >= 0.6 is 0 Å². The number of ether oxygens (including phenoxy) is 2. The summed E-state index contributed by atoms with van der Waals surface area (Å²) in [5, 5.41) is 13.0. The maximum absolute atomic E-state index is 11.7. The normalized spacial score (nSPS) is 21.6. The molecule has 5 nitrogen and oxygen atoms in total. The number of hydrogen-bond donors (Lipinski definition) is 2. The molecule has 0 fully saturated rings. The van der Waals surface area contributed by atoms with Crippen molar-refractivity contribution in [1.82, 2.24) is 0 Å². The molecule has 1 unspecified atom stereocenters. The summed E-state index contributed by atoms with van der Waals surface area (Å²) in [4.78, 5) is 11.7. The molecule has 0 radical (unpaired) electrons. The van der Waals surface area contributed by atoms with Gasteiger partial charge >= 0.3 is 5.97 Å². The number of anilines is 1. The first-order valence-corrected chi connectivity index (χ1v) is 5.44. The van der Waals surface area contributed by atoms with Crippen LogP contribution in [-0.4, -0.2) is 30.5 Å². The Labute approximate surface area is 99.3 Å². The van der Waals surface area contributed by atoms with E-state index in [0.717, 1.165) is 5.56 Å². The quantitative estimate of drug-likeness (QED) is 0.765. The van der Waals surface area contributed by atoms with E-state index in [2.05, 4.69) is 5.32 Å². The summed E-state index contributed by atoms with van der Waals surface area (Å²) in [7, 11) is 1.54. The van der Waals surface area contributed by atoms with Gasteiger partial charge in [-0.05, 0) is 18.6 Å². The topological polar surface area (TPSA) is 67.8 Å². The summed E-state index contributed by atoms with van der Waals surface area (Å²) in [6.45, 7) is 1.93. The molecule has 2 N–H and O–H groups in total. The third kappa shape index (κ3) is 1.93. The zero-order valence-electron chi connectivity index (χ0n) is 9.82. The highest BCUT2D eigenvalue weighted by atomic mass is 16.6. The minimum atomic E-state index is -1.69. The molecule has 0 aromatic heterocycles. The summed E-state index contributed by atoms with van der Waals surface area (Å²) in [5.74, 6) is -0.0685. The Morgan fingerprint density at radius 1 is 1.59 bits per heavy atom. The van der Waals surface area contributed by atoms with E-state index in [0.29, 0.717) is 11.4 Å². The number of nitrogens with one attached hydrogen (secondary N) is 1. The van der Waals surface area contributed by atoms with E-state index < -0.39 is 11.7 Å². The monoisotopic (exact) mass is 237 g/mol. The average molecular weight is 237 g/mol. The van der Waals surface area contributed by atoms with Crippen molar-refractivity contribution in [2.75, 3.05) is 19.0 Å². The fourth-order valence-electron chi connectivity index (χ4n) is 1.94. The largest absolute Gasteiger partial charge is 0.495 e. The zero-order valence-corrected chi connectivity index (χ0v) is 9.82. The van der Waals surface area contributed by atoms with Gasteiger partial charge in [0.25, 0.3) is 0 Å². The zero-order chi connectivity index (χ0) is 12.5. The van der Waals surface area contributed by atoms with Crippen molar-refractivity contribution in [2.24, 2.45) is 0 Å². The van der Waals surface area contributed by atoms with Gasteiger partial charge in [0.05, 0.1) is 19.4 Å². The van der Waals surface area contributed by atoms with Crippen molar-refractivity contribution in [2.45, 2.75) is 19.1 Å². The fraction of sp³-hybridized carbons (Fsp3) is 0.417. The molecule has 0 saturated heterocycles. The van der Waals surface area contributed by atoms with Gasteiger partial charge in [-0.15, -0.1) is 0 Å². The Kier molecular flexibility index (Phi) is 2.93. The number of rotatable bonds is 3. The average Bonchev–Trinajstić information content (AvgIpc) is 2.66. The standard InChI is InChI=1S/C12H15NO4/c1-3-17-11(14)12(15)7-8-5-4-6-9(16-2)10(8)13-12/h4-6,13,15H,3,7H2,1-2H3. The number of aliphatic hydroxyl groups is 1.